The van der Waals surface area contributed by atoms with Gasteiger partial charge in [-0.1, -0.05) is 18.2 Å². The van der Waals surface area contributed by atoms with Gasteiger partial charge in [-0.15, -0.1) is 11.3 Å². The monoisotopic (exact) mass is 345 g/mol. The highest BCUT2D eigenvalue weighted by atomic mass is 32.1. The van der Waals surface area contributed by atoms with Crippen LogP contribution in [-0.2, 0) is 4.79 Å². The standard InChI is InChI=1S/C18H23N3O2S/c1-12-13-6-2-3-8-15(13)24-16(12)18(23)20-9-5-11-21-10-4-7-14(21)17(19)22/h2-3,6,8,14H,4-5,7,9-11H2,1H3,(H2,19,22)(H,20,23). The van der Waals surface area contributed by atoms with Gasteiger partial charge in [-0.3, -0.25) is 14.5 Å². The lowest BCUT2D eigenvalue weighted by atomic mass is 10.1. The molecule has 1 fully saturated rings. The quantitative estimate of drug-likeness (QED) is 0.789. The maximum absolute atomic E-state index is 12.4. The molecule has 0 aliphatic carbocycles. The van der Waals surface area contributed by atoms with Crippen LogP contribution in [0.3, 0.4) is 0 Å². The van der Waals surface area contributed by atoms with Crippen LogP contribution in [0.1, 0.15) is 34.5 Å². The molecule has 1 unspecified atom stereocenters. The summed E-state index contributed by atoms with van der Waals surface area (Å²) >= 11 is 1.54. The first-order valence-corrected chi connectivity index (χ1v) is 9.19. The average molecular weight is 345 g/mol. The van der Waals surface area contributed by atoms with Crippen molar-refractivity contribution in [2.24, 2.45) is 5.73 Å². The summed E-state index contributed by atoms with van der Waals surface area (Å²) in [7, 11) is 0. The second-order valence-corrected chi connectivity index (χ2v) is 7.31. The summed E-state index contributed by atoms with van der Waals surface area (Å²) in [6.07, 6.45) is 2.68. The predicted molar refractivity (Wildman–Crippen MR) is 97.3 cm³/mol. The first-order valence-electron chi connectivity index (χ1n) is 8.37. The number of nitrogens with two attached hydrogens (primary N) is 1. The third-order valence-corrected chi connectivity index (χ3v) is 5.92. The highest BCUT2D eigenvalue weighted by Crippen LogP contribution is 2.30. The summed E-state index contributed by atoms with van der Waals surface area (Å²) in [5.74, 6) is -0.251. The van der Waals surface area contributed by atoms with Crippen LogP contribution in [0.5, 0.6) is 0 Å². The fourth-order valence-corrected chi connectivity index (χ4v) is 4.50. The number of carbonyl (C=O) groups excluding carboxylic acids is 2. The first-order chi connectivity index (χ1) is 11.6. The van der Waals surface area contributed by atoms with Gasteiger partial charge in [-0.25, -0.2) is 0 Å². The summed E-state index contributed by atoms with van der Waals surface area (Å²) in [6, 6.07) is 7.95. The smallest absolute Gasteiger partial charge is 0.261 e. The zero-order chi connectivity index (χ0) is 17.1. The van der Waals surface area contributed by atoms with Crippen molar-refractivity contribution in [3.05, 3.63) is 34.7 Å². The molecule has 1 aliphatic heterocycles. The molecular weight excluding hydrogens is 322 g/mol. The fraction of sp³-hybridized carbons (Fsp3) is 0.444. The molecule has 128 valence electrons. The molecule has 2 heterocycles. The second kappa shape index (κ2) is 7.32. The Labute approximate surface area is 145 Å². The van der Waals surface area contributed by atoms with E-state index in [1.54, 1.807) is 0 Å². The minimum atomic E-state index is -0.238. The zero-order valence-corrected chi connectivity index (χ0v) is 14.7. The van der Waals surface area contributed by atoms with Gasteiger partial charge in [-0.2, -0.15) is 0 Å². The molecule has 0 saturated carbocycles. The van der Waals surface area contributed by atoms with Crippen molar-refractivity contribution >= 4 is 33.2 Å². The van der Waals surface area contributed by atoms with Crippen molar-refractivity contribution < 1.29 is 9.59 Å². The molecule has 2 amide bonds. The van der Waals surface area contributed by atoms with Crippen LogP contribution in [0.15, 0.2) is 24.3 Å². The summed E-state index contributed by atoms with van der Waals surface area (Å²) in [5.41, 5.74) is 6.46. The Morgan fingerprint density at radius 2 is 2.17 bits per heavy atom. The van der Waals surface area contributed by atoms with Crippen molar-refractivity contribution in [3.63, 3.8) is 0 Å². The van der Waals surface area contributed by atoms with Crippen LogP contribution < -0.4 is 11.1 Å². The number of primary amides is 1. The number of benzene rings is 1. The number of amides is 2. The fourth-order valence-electron chi connectivity index (χ4n) is 3.37. The second-order valence-electron chi connectivity index (χ2n) is 6.26. The number of likely N-dealkylation sites (tertiary alicyclic amines) is 1. The molecule has 3 N–H and O–H groups in total. The lowest BCUT2D eigenvalue weighted by molar-refractivity contribution is -0.122. The molecule has 1 aromatic carbocycles. The number of nitrogens with zero attached hydrogens (tertiary/aromatic N) is 1. The number of fused-ring (bicyclic) bond motifs is 1. The summed E-state index contributed by atoms with van der Waals surface area (Å²) in [6.45, 7) is 4.31. The molecule has 1 aromatic heterocycles. The van der Waals surface area contributed by atoms with Crippen LogP contribution in [-0.4, -0.2) is 42.4 Å². The number of hydrogen-bond donors (Lipinski definition) is 2. The molecule has 3 rings (SSSR count). The van der Waals surface area contributed by atoms with Crippen molar-refractivity contribution in [2.75, 3.05) is 19.6 Å². The Kier molecular flexibility index (Phi) is 5.16. The maximum Gasteiger partial charge on any atom is 0.261 e. The van der Waals surface area contributed by atoms with Gasteiger partial charge < -0.3 is 11.1 Å². The Balaban J connectivity index is 1.52. The minimum absolute atomic E-state index is 0.0124. The molecule has 5 nitrogen and oxygen atoms in total. The topological polar surface area (TPSA) is 75.4 Å². The average Bonchev–Trinajstić information content (AvgIpc) is 3.17. The number of thiophene rings is 1. The highest BCUT2D eigenvalue weighted by Gasteiger charge is 2.28. The number of nitrogens with one attached hydrogen (secondary N) is 1. The number of carbonyl (C=O) groups is 2. The van der Waals surface area contributed by atoms with Gasteiger partial charge in [0, 0.05) is 17.8 Å². The molecule has 1 saturated heterocycles. The molecule has 6 heteroatoms. The van der Waals surface area contributed by atoms with E-state index in [0.717, 1.165) is 52.9 Å². The molecule has 1 atom stereocenters. The summed E-state index contributed by atoms with van der Waals surface area (Å²) < 4.78 is 1.14. The molecule has 1 aliphatic rings. The van der Waals surface area contributed by atoms with Crippen LogP contribution in [0.4, 0.5) is 0 Å². The van der Waals surface area contributed by atoms with Crippen molar-refractivity contribution in [1.29, 1.82) is 0 Å². The van der Waals surface area contributed by atoms with E-state index in [1.165, 1.54) is 11.3 Å². The zero-order valence-electron chi connectivity index (χ0n) is 13.9. The van der Waals surface area contributed by atoms with Gasteiger partial charge in [0.05, 0.1) is 10.9 Å². The maximum atomic E-state index is 12.4. The van der Waals surface area contributed by atoms with Gasteiger partial charge in [0.1, 0.15) is 0 Å². The van der Waals surface area contributed by atoms with Crippen LogP contribution in [0.2, 0.25) is 0 Å². The highest BCUT2D eigenvalue weighted by molar-refractivity contribution is 7.21. The summed E-state index contributed by atoms with van der Waals surface area (Å²) in [4.78, 5) is 26.7. The Morgan fingerprint density at radius 3 is 2.92 bits per heavy atom. The van der Waals surface area contributed by atoms with Crippen molar-refractivity contribution in [3.8, 4) is 0 Å². The van der Waals surface area contributed by atoms with Crippen LogP contribution >= 0.6 is 11.3 Å². The van der Waals surface area contributed by atoms with E-state index >= 15 is 0 Å². The molecule has 24 heavy (non-hydrogen) atoms. The number of rotatable bonds is 6. The molecule has 0 bridgehead atoms. The van der Waals surface area contributed by atoms with E-state index in [4.69, 9.17) is 5.73 Å². The first kappa shape index (κ1) is 16.9. The van der Waals surface area contributed by atoms with E-state index in [0.29, 0.717) is 6.54 Å². The Morgan fingerprint density at radius 1 is 1.38 bits per heavy atom. The largest absolute Gasteiger partial charge is 0.368 e. The van der Waals surface area contributed by atoms with Crippen LogP contribution in [0.25, 0.3) is 10.1 Å². The van der Waals surface area contributed by atoms with E-state index in [-0.39, 0.29) is 17.9 Å². The number of hydrogen-bond acceptors (Lipinski definition) is 4. The molecule has 0 radical (unpaired) electrons. The van der Waals surface area contributed by atoms with Gasteiger partial charge in [0.25, 0.3) is 5.91 Å². The van der Waals surface area contributed by atoms with Gasteiger partial charge >= 0.3 is 0 Å². The van der Waals surface area contributed by atoms with Gasteiger partial charge in [-0.05, 0) is 49.7 Å². The third kappa shape index (κ3) is 3.44. The molecule has 2 aromatic rings. The van der Waals surface area contributed by atoms with Crippen molar-refractivity contribution in [1.82, 2.24) is 10.2 Å². The van der Waals surface area contributed by atoms with E-state index < -0.39 is 0 Å². The Hall–Kier alpha value is -1.92. The molecular formula is C18H23N3O2S. The number of aryl methyl sites for hydroxylation is 1. The predicted octanol–water partition coefficient (Wildman–Crippen LogP) is 2.28. The summed E-state index contributed by atoms with van der Waals surface area (Å²) in [5, 5.41) is 4.14. The lowest BCUT2D eigenvalue weighted by Gasteiger charge is -2.21. The van der Waals surface area contributed by atoms with Crippen molar-refractivity contribution in [2.45, 2.75) is 32.2 Å². The SMILES string of the molecule is Cc1c(C(=O)NCCCN2CCCC2C(N)=O)sc2ccccc12. The minimum Gasteiger partial charge on any atom is -0.368 e. The van der Waals surface area contributed by atoms with Crippen LogP contribution in [0, 0.1) is 6.92 Å². The normalized spacial score (nSPS) is 18.1. The van der Waals surface area contributed by atoms with Gasteiger partial charge in [0.15, 0.2) is 0 Å². The van der Waals surface area contributed by atoms with E-state index in [2.05, 4.69) is 16.3 Å². The van der Waals surface area contributed by atoms with E-state index in [1.807, 2.05) is 25.1 Å². The third-order valence-electron chi connectivity index (χ3n) is 4.65. The molecule has 0 spiro atoms. The lowest BCUT2D eigenvalue weighted by Crippen LogP contribution is -2.41. The van der Waals surface area contributed by atoms with E-state index in [9.17, 15) is 9.59 Å². The van der Waals surface area contributed by atoms with Gasteiger partial charge in [0.2, 0.25) is 5.91 Å². The Bertz CT molecular complexity index is 756.